The predicted molar refractivity (Wildman–Crippen MR) is 265 cm³/mol. The first kappa shape index (κ1) is 34.6. The molecule has 10 aromatic carbocycles. The molecule has 0 saturated heterocycles. The molecule has 5 heteroatoms. The van der Waals surface area contributed by atoms with Gasteiger partial charge in [-0.15, -0.1) is 11.3 Å². The maximum absolute atomic E-state index is 7.23. The Kier molecular flexibility index (Phi) is 7.24. The van der Waals surface area contributed by atoms with Crippen molar-refractivity contribution in [1.82, 2.24) is 14.5 Å². The number of para-hydroxylation sites is 1. The fourth-order valence-corrected chi connectivity index (χ4v) is 11.2. The predicted octanol–water partition coefficient (Wildman–Crippen LogP) is 16.3. The lowest BCUT2D eigenvalue weighted by atomic mass is 9.97. The molecule has 14 aromatic rings. The Morgan fingerprint density at radius 3 is 1.94 bits per heavy atom. The third-order valence-electron chi connectivity index (χ3n) is 13.0. The molecular weight excluding hydrogens is 787 g/mol. The summed E-state index contributed by atoms with van der Waals surface area (Å²) < 4.78 is 12.1. The average molecular weight is 820 g/mol. The van der Waals surface area contributed by atoms with Crippen LogP contribution < -0.4 is 0 Å². The second-order valence-corrected chi connectivity index (χ2v) is 17.5. The Hall–Kier alpha value is -8.12. The number of hydrogen-bond donors (Lipinski definition) is 0. The number of furan rings is 1. The molecule has 292 valence electrons. The van der Waals surface area contributed by atoms with Gasteiger partial charge in [0.15, 0.2) is 5.58 Å². The number of hydrogen-bond acceptors (Lipinski definition) is 4. The molecule has 4 nitrogen and oxygen atoms in total. The zero-order chi connectivity index (χ0) is 41.2. The molecule has 0 atom stereocenters. The van der Waals surface area contributed by atoms with E-state index in [1.807, 2.05) is 11.3 Å². The van der Waals surface area contributed by atoms with Crippen LogP contribution in [0, 0.1) is 0 Å². The van der Waals surface area contributed by atoms with E-state index in [2.05, 4.69) is 205 Å². The van der Waals surface area contributed by atoms with E-state index in [-0.39, 0.29) is 0 Å². The fraction of sp³-hybridized carbons (Fsp3) is 0. The van der Waals surface area contributed by atoms with Crippen LogP contribution in [0.3, 0.4) is 0 Å². The topological polar surface area (TPSA) is 43.9 Å². The second kappa shape index (κ2) is 13.2. The average Bonchev–Trinajstić information content (AvgIpc) is 4.04. The molecule has 0 aliphatic carbocycles. The maximum atomic E-state index is 7.23. The Labute approximate surface area is 364 Å². The normalized spacial score (nSPS) is 12.1. The van der Waals surface area contributed by atoms with E-state index in [0.717, 1.165) is 104 Å². The van der Waals surface area contributed by atoms with Crippen LogP contribution in [0.1, 0.15) is 0 Å². The molecule has 0 unspecified atom stereocenters. The first-order valence-corrected chi connectivity index (χ1v) is 22.1. The van der Waals surface area contributed by atoms with Gasteiger partial charge in [0, 0.05) is 58.1 Å². The smallest absolute Gasteiger partial charge is 0.235 e. The number of benzene rings is 10. The first-order chi connectivity index (χ1) is 31.2. The molecule has 0 saturated carbocycles. The van der Waals surface area contributed by atoms with E-state index in [1.165, 1.54) is 25.6 Å². The molecule has 4 heterocycles. The van der Waals surface area contributed by atoms with Crippen LogP contribution >= 0.6 is 11.3 Å². The minimum Gasteiger partial charge on any atom is -0.454 e. The quantitative estimate of drug-likeness (QED) is 0.166. The highest BCUT2D eigenvalue weighted by molar-refractivity contribution is 7.25. The standard InChI is InChI=1S/C58H33N3OS/c1-2-13-34(14-3-1)36-16-12-17-39(31-36)54-46-29-25-35-15-4-5-18-40(35)55(46)60-58(59-54)61-48-23-10-8-22-44(48)52-42-20-6-7-21-43(42)53-45-28-26-38(33-49(45)62-57(53)56(52)61)37-27-30-51-47(32-37)41-19-9-11-24-50(41)63-51/h1-33H. The highest BCUT2D eigenvalue weighted by atomic mass is 32.1. The molecular formula is C58H33N3OS. The summed E-state index contributed by atoms with van der Waals surface area (Å²) in [5.41, 5.74) is 11.0. The summed E-state index contributed by atoms with van der Waals surface area (Å²) in [6, 6.07) is 71.7. The number of aromatic nitrogens is 3. The molecule has 0 amide bonds. The Morgan fingerprint density at radius 2 is 1.05 bits per heavy atom. The highest BCUT2D eigenvalue weighted by Crippen LogP contribution is 2.47. The summed E-state index contributed by atoms with van der Waals surface area (Å²) in [6.07, 6.45) is 0. The van der Waals surface area contributed by atoms with Gasteiger partial charge in [-0.05, 0) is 86.9 Å². The second-order valence-electron chi connectivity index (χ2n) is 16.4. The third-order valence-corrected chi connectivity index (χ3v) is 14.1. The van der Waals surface area contributed by atoms with Crippen LogP contribution in [0.5, 0.6) is 0 Å². The number of fused-ring (bicyclic) bond motifs is 16. The summed E-state index contributed by atoms with van der Waals surface area (Å²) in [4.78, 5) is 11.2. The minimum absolute atomic E-state index is 0.596. The molecule has 0 aliphatic rings. The largest absolute Gasteiger partial charge is 0.454 e. The summed E-state index contributed by atoms with van der Waals surface area (Å²) in [7, 11) is 0. The Morgan fingerprint density at radius 1 is 0.397 bits per heavy atom. The van der Waals surface area contributed by atoms with Crippen LogP contribution in [-0.2, 0) is 0 Å². The molecule has 0 radical (unpaired) electrons. The van der Waals surface area contributed by atoms with Crippen molar-refractivity contribution in [3.8, 4) is 39.5 Å². The van der Waals surface area contributed by atoms with E-state index in [1.54, 1.807) is 0 Å². The van der Waals surface area contributed by atoms with Crippen molar-refractivity contribution in [3.63, 3.8) is 0 Å². The Bertz CT molecular complexity index is 4210. The van der Waals surface area contributed by atoms with Gasteiger partial charge in [0.2, 0.25) is 5.95 Å². The van der Waals surface area contributed by atoms with Gasteiger partial charge < -0.3 is 4.42 Å². The number of rotatable bonds is 4. The SMILES string of the molecule is c1ccc(-c2cccc(-c3nc(-n4c5ccccc5c5c6ccccc6c6c7ccc(-c8ccc9sc%10ccccc%10c9c8)cc7oc6c54)nc4c3ccc3ccccc34)c2)cc1. The van der Waals surface area contributed by atoms with Gasteiger partial charge in [-0.3, -0.25) is 4.57 Å². The lowest BCUT2D eigenvalue weighted by Gasteiger charge is -2.14. The van der Waals surface area contributed by atoms with E-state index in [4.69, 9.17) is 14.4 Å². The molecule has 63 heavy (non-hydrogen) atoms. The molecule has 14 rings (SSSR count). The van der Waals surface area contributed by atoms with Crippen LogP contribution in [-0.4, -0.2) is 14.5 Å². The number of nitrogens with zero attached hydrogens (tertiary/aromatic N) is 3. The van der Waals surface area contributed by atoms with Crippen LogP contribution in [0.15, 0.2) is 205 Å². The minimum atomic E-state index is 0.596. The fourth-order valence-electron chi connectivity index (χ4n) is 10.1. The van der Waals surface area contributed by atoms with E-state index < -0.39 is 0 Å². The van der Waals surface area contributed by atoms with Crippen molar-refractivity contribution < 1.29 is 4.42 Å². The van der Waals surface area contributed by atoms with Crippen molar-refractivity contribution in [1.29, 1.82) is 0 Å². The molecule has 4 aromatic heterocycles. The number of thiophene rings is 1. The zero-order valence-electron chi connectivity index (χ0n) is 33.7. The van der Waals surface area contributed by atoms with Crippen LogP contribution in [0.2, 0.25) is 0 Å². The van der Waals surface area contributed by atoms with Gasteiger partial charge >= 0.3 is 0 Å². The third kappa shape index (κ3) is 5.08. The first-order valence-electron chi connectivity index (χ1n) is 21.3. The van der Waals surface area contributed by atoms with Crippen LogP contribution in [0.4, 0.5) is 0 Å². The van der Waals surface area contributed by atoms with E-state index in [9.17, 15) is 0 Å². The highest BCUT2D eigenvalue weighted by Gasteiger charge is 2.25. The molecule has 0 aliphatic heterocycles. The van der Waals surface area contributed by atoms with Gasteiger partial charge in [-0.2, -0.15) is 0 Å². The lowest BCUT2D eigenvalue weighted by molar-refractivity contribution is 0.671. The molecule has 0 spiro atoms. The van der Waals surface area contributed by atoms with Crippen molar-refractivity contribution in [3.05, 3.63) is 200 Å². The summed E-state index contributed by atoms with van der Waals surface area (Å²) >= 11 is 1.84. The Balaban J connectivity index is 1.08. The van der Waals surface area contributed by atoms with Gasteiger partial charge in [-0.25, -0.2) is 9.97 Å². The van der Waals surface area contributed by atoms with Crippen molar-refractivity contribution in [2.75, 3.05) is 0 Å². The van der Waals surface area contributed by atoms with Gasteiger partial charge in [0.25, 0.3) is 0 Å². The zero-order valence-corrected chi connectivity index (χ0v) is 34.5. The van der Waals surface area contributed by atoms with Crippen molar-refractivity contribution in [2.45, 2.75) is 0 Å². The van der Waals surface area contributed by atoms with Crippen molar-refractivity contribution >= 4 is 108 Å². The maximum Gasteiger partial charge on any atom is 0.235 e. The summed E-state index contributed by atoms with van der Waals surface area (Å²) in [6.45, 7) is 0. The van der Waals surface area contributed by atoms with Gasteiger partial charge in [0.1, 0.15) is 11.1 Å². The monoisotopic (exact) mass is 819 g/mol. The van der Waals surface area contributed by atoms with E-state index >= 15 is 0 Å². The molecule has 0 fully saturated rings. The lowest BCUT2D eigenvalue weighted by Crippen LogP contribution is -2.04. The summed E-state index contributed by atoms with van der Waals surface area (Å²) in [5.74, 6) is 0.596. The summed E-state index contributed by atoms with van der Waals surface area (Å²) in [5, 5.41) is 12.5. The van der Waals surface area contributed by atoms with Crippen LogP contribution in [0.25, 0.3) is 136 Å². The van der Waals surface area contributed by atoms with Crippen molar-refractivity contribution in [2.24, 2.45) is 0 Å². The van der Waals surface area contributed by atoms with Gasteiger partial charge in [0.05, 0.1) is 16.7 Å². The molecule has 0 N–H and O–H groups in total. The van der Waals surface area contributed by atoms with Gasteiger partial charge in [-0.1, -0.05) is 152 Å². The molecule has 0 bridgehead atoms. The van der Waals surface area contributed by atoms with E-state index in [0.29, 0.717) is 5.95 Å².